The van der Waals surface area contributed by atoms with Crippen molar-refractivity contribution in [3.8, 4) is 0 Å². The largest absolute Gasteiger partial charge is 0.383 e. The van der Waals surface area contributed by atoms with E-state index in [1.165, 1.54) is 51.6 Å². The molecule has 0 aromatic rings. The standard InChI is InChI=1S/C20H37N3O2/c1-25-17-16-21-12-6-18(7-13-21)20(24)23-14-8-19(9-15-23)22-10-4-2-3-5-11-22/h18-19H,2-17H2,1H3. The number of hydrogen-bond donors (Lipinski definition) is 0. The first-order chi connectivity index (χ1) is 12.3. The van der Waals surface area contributed by atoms with Crippen molar-refractivity contribution in [3.05, 3.63) is 0 Å². The van der Waals surface area contributed by atoms with Gasteiger partial charge in [0, 0.05) is 38.7 Å². The molecule has 3 rings (SSSR count). The Balaban J connectivity index is 1.39. The average molecular weight is 352 g/mol. The molecule has 3 aliphatic heterocycles. The molecule has 0 N–H and O–H groups in total. The Morgan fingerprint density at radius 2 is 1.52 bits per heavy atom. The van der Waals surface area contributed by atoms with Crippen molar-refractivity contribution in [1.29, 1.82) is 0 Å². The number of rotatable bonds is 5. The fourth-order valence-corrected chi connectivity index (χ4v) is 4.79. The topological polar surface area (TPSA) is 36.0 Å². The summed E-state index contributed by atoms with van der Waals surface area (Å²) in [4.78, 5) is 20.2. The molecule has 5 nitrogen and oxygen atoms in total. The summed E-state index contributed by atoms with van der Waals surface area (Å²) in [5, 5.41) is 0. The predicted molar refractivity (Wildman–Crippen MR) is 101 cm³/mol. The highest BCUT2D eigenvalue weighted by Gasteiger charge is 2.32. The minimum atomic E-state index is 0.258. The summed E-state index contributed by atoms with van der Waals surface area (Å²) in [5.74, 6) is 0.689. The molecule has 0 radical (unpaired) electrons. The lowest BCUT2D eigenvalue weighted by Crippen LogP contribution is -2.49. The van der Waals surface area contributed by atoms with Crippen molar-refractivity contribution in [3.63, 3.8) is 0 Å². The van der Waals surface area contributed by atoms with Crippen LogP contribution in [0.5, 0.6) is 0 Å². The fraction of sp³-hybridized carbons (Fsp3) is 0.950. The maximum Gasteiger partial charge on any atom is 0.225 e. The van der Waals surface area contributed by atoms with Crippen molar-refractivity contribution >= 4 is 5.91 Å². The molecular formula is C20H37N3O2. The molecule has 5 heteroatoms. The summed E-state index contributed by atoms with van der Waals surface area (Å²) < 4.78 is 5.16. The second-order valence-electron chi connectivity index (χ2n) is 8.12. The van der Waals surface area contributed by atoms with E-state index in [0.29, 0.717) is 5.91 Å². The molecule has 3 fully saturated rings. The van der Waals surface area contributed by atoms with Crippen LogP contribution >= 0.6 is 0 Å². The van der Waals surface area contributed by atoms with E-state index in [1.807, 2.05) is 0 Å². The maximum absolute atomic E-state index is 12.9. The molecule has 3 saturated heterocycles. The van der Waals surface area contributed by atoms with Crippen molar-refractivity contribution in [2.75, 3.05) is 59.5 Å². The van der Waals surface area contributed by atoms with Crippen molar-refractivity contribution in [2.24, 2.45) is 5.92 Å². The predicted octanol–water partition coefficient (Wildman–Crippen LogP) is 2.21. The summed E-state index contributed by atoms with van der Waals surface area (Å²) in [5.41, 5.74) is 0. The van der Waals surface area contributed by atoms with Crippen LogP contribution in [-0.4, -0.2) is 86.2 Å². The molecule has 144 valence electrons. The van der Waals surface area contributed by atoms with Crippen LogP contribution in [0.1, 0.15) is 51.4 Å². The molecule has 0 spiro atoms. The summed E-state index contributed by atoms with van der Waals surface area (Å²) >= 11 is 0. The molecular weight excluding hydrogens is 314 g/mol. The summed E-state index contributed by atoms with van der Waals surface area (Å²) in [6, 6.07) is 0.720. The van der Waals surface area contributed by atoms with Crippen LogP contribution in [-0.2, 0) is 9.53 Å². The Hall–Kier alpha value is -0.650. The number of carbonyl (C=O) groups is 1. The van der Waals surface area contributed by atoms with E-state index in [0.717, 1.165) is 58.2 Å². The second-order valence-corrected chi connectivity index (χ2v) is 8.12. The molecule has 1 amide bonds. The molecule has 25 heavy (non-hydrogen) atoms. The van der Waals surface area contributed by atoms with E-state index in [4.69, 9.17) is 4.74 Å². The first-order valence-corrected chi connectivity index (χ1v) is 10.5. The van der Waals surface area contributed by atoms with Gasteiger partial charge in [0.2, 0.25) is 5.91 Å². The third-order valence-corrected chi connectivity index (χ3v) is 6.48. The third-order valence-electron chi connectivity index (χ3n) is 6.48. The van der Waals surface area contributed by atoms with Crippen molar-refractivity contribution < 1.29 is 9.53 Å². The molecule has 0 aromatic carbocycles. The van der Waals surface area contributed by atoms with Gasteiger partial charge >= 0.3 is 0 Å². The van der Waals surface area contributed by atoms with Crippen LogP contribution in [0.2, 0.25) is 0 Å². The molecule has 3 aliphatic rings. The SMILES string of the molecule is COCCN1CCC(C(=O)N2CCC(N3CCCCCC3)CC2)CC1. The van der Waals surface area contributed by atoms with E-state index in [1.54, 1.807) is 7.11 Å². The maximum atomic E-state index is 12.9. The second kappa shape index (κ2) is 9.89. The van der Waals surface area contributed by atoms with Gasteiger partial charge in [-0.15, -0.1) is 0 Å². The Labute approximate surface area is 153 Å². The number of likely N-dealkylation sites (tertiary alicyclic amines) is 3. The highest BCUT2D eigenvalue weighted by atomic mass is 16.5. The van der Waals surface area contributed by atoms with E-state index < -0.39 is 0 Å². The van der Waals surface area contributed by atoms with Crippen LogP contribution in [0, 0.1) is 5.92 Å². The van der Waals surface area contributed by atoms with Gasteiger partial charge in [-0.3, -0.25) is 4.79 Å². The van der Waals surface area contributed by atoms with E-state index in [-0.39, 0.29) is 5.92 Å². The van der Waals surface area contributed by atoms with Crippen LogP contribution in [0.25, 0.3) is 0 Å². The van der Waals surface area contributed by atoms with Gasteiger partial charge in [-0.25, -0.2) is 0 Å². The summed E-state index contributed by atoms with van der Waals surface area (Å²) in [7, 11) is 1.76. The molecule has 0 atom stereocenters. The number of nitrogens with zero attached hydrogens (tertiary/aromatic N) is 3. The quantitative estimate of drug-likeness (QED) is 0.761. The normalized spacial score (nSPS) is 25.9. The number of amides is 1. The summed E-state index contributed by atoms with van der Waals surface area (Å²) in [6.07, 6.45) is 9.93. The highest BCUT2D eigenvalue weighted by Crippen LogP contribution is 2.24. The molecule has 3 heterocycles. The van der Waals surface area contributed by atoms with Gasteiger partial charge in [0.1, 0.15) is 0 Å². The minimum Gasteiger partial charge on any atom is -0.383 e. The van der Waals surface area contributed by atoms with Gasteiger partial charge in [0.25, 0.3) is 0 Å². The monoisotopic (exact) mass is 351 g/mol. The number of carbonyl (C=O) groups excluding carboxylic acids is 1. The lowest BCUT2D eigenvalue weighted by atomic mass is 9.93. The van der Waals surface area contributed by atoms with E-state index >= 15 is 0 Å². The van der Waals surface area contributed by atoms with Gasteiger partial charge in [-0.05, 0) is 64.7 Å². The number of ether oxygens (including phenoxy) is 1. The van der Waals surface area contributed by atoms with Crippen LogP contribution in [0.15, 0.2) is 0 Å². The van der Waals surface area contributed by atoms with Gasteiger partial charge in [0.05, 0.1) is 6.61 Å². The zero-order valence-corrected chi connectivity index (χ0v) is 16.1. The average Bonchev–Trinajstić information content (AvgIpc) is 2.96. The number of methoxy groups -OCH3 is 1. The Morgan fingerprint density at radius 3 is 2.12 bits per heavy atom. The zero-order valence-electron chi connectivity index (χ0n) is 16.1. The van der Waals surface area contributed by atoms with Gasteiger partial charge in [0.15, 0.2) is 0 Å². The van der Waals surface area contributed by atoms with Crippen LogP contribution in [0.3, 0.4) is 0 Å². The Morgan fingerprint density at radius 1 is 0.880 bits per heavy atom. The lowest BCUT2D eigenvalue weighted by Gasteiger charge is -2.40. The minimum absolute atomic E-state index is 0.258. The zero-order chi connectivity index (χ0) is 17.5. The first-order valence-electron chi connectivity index (χ1n) is 10.5. The first kappa shape index (κ1) is 19.1. The molecule has 0 unspecified atom stereocenters. The summed E-state index contributed by atoms with van der Waals surface area (Å²) in [6.45, 7) is 8.39. The molecule has 0 bridgehead atoms. The lowest BCUT2D eigenvalue weighted by molar-refractivity contribution is -0.138. The number of hydrogen-bond acceptors (Lipinski definition) is 4. The third kappa shape index (κ3) is 5.41. The fourth-order valence-electron chi connectivity index (χ4n) is 4.79. The van der Waals surface area contributed by atoms with Gasteiger partial charge < -0.3 is 19.4 Å². The van der Waals surface area contributed by atoms with Crippen LogP contribution in [0.4, 0.5) is 0 Å². The molecule has 0 aromatic heterocycles. The van der Waals surface area contributed by atoms with E-state index in [9.17, 15) is 4.79 Å². The van der Waals surface area contributed by atoms with Gasteiger partial charge in [-0.1, -0.05) is 12.8 Å². The number of piperidine rings is 2. The van der Waals surface area contributed by atoms with Crippen molar-refractivity contribution in [2.45, 2.75) is 57.4 Å². The molecule has 0 saturated carbocycles. The van der Waals surface area contributed by atoms with Crippen molar-refractivity contribution in [1.82, 2.24) is 14.7 Å². The Bertz CT molecular complexity index is 394. The Kier molecular flexibility index (Phi) is 7.56. The molecule has 0 aliphatic carbocycles. The van der Waals surface area contributed by atoms with Gasteiger partial charge in [-0.2, -0.15) is 0 Å². The highest BCUT2D eigenvalue weighted by molar-refractivity contribution is 5.79. The smallest absolute Gasteiger partial charge is 0.225 e. The van der Waals surface area contributed by atoms with E-state index in [2.05, 4.69) is 14.7 Å². The van der Waals surface area contributed by atoms with Crippen LogP contribution < -0.4 is 0 Å².